The smallest absolute Gasteiger partial charge is 0.313 e. The summed E-state index contributed by atoms with van der Waals surface area (Å²) in [5.41, 5.74) is 3.31. The highest BCUT2D eigenvalue weighted by molar-refractivity contribution is 7.20. The van der Waals surface area contributed by atoms with Gasteiger partial charge in [-0.15, -0.1) is 11.3 Å². The lowest BCUT2D eigenvalue weighted by atomic mass is 10.2. The number of hydrogen-bond acceptors (Lipinski definition) is 5. The van der Waals surface area contributed by atoms with Crippen molar-refractivity contribution in [1.82, 2.24) is 14.6 Å². The summed E-state index contributed by atoms with van der Waals surface area (Å²) in [7, 11) is 1.73. The Morgan fingerprint density at radius 2 is 2.14 bits per heavy atom. The SMILES string of the molecule is CCCn1c(=O)n(C2CC2)c(=O)c2c(C)c(/C=N/NC)sc21. The molecule has 1 saturated carbocycles. The highest BCUT2D eigenvalue weighted by Gasteiger charge is 2.30. The molecule has 0 saturated heterocycles. The average molecular weight is 320 g/mol. The summed E-state index contributed by atoms with van der Waals surface area (Å²) < 4.78 is 3.21. The van der Waals surface area contributed by atoms with Crippen molar-refractivity contribution in [1.29, 1.82) is 0 Å². The van der Waals surface area contributed by atoms with Crippen LogP contribution in [0.5, 0.6) is 0 Å². The molecule has 2 aromatic heterocycles. The summed E-state index contributed by atoms with van der Waals surface area (Å²) in [6.45, 7) is 4.59. The monoisotopic (exact) mass is 320 g/mol. The van der Waals surface area contributed by atoms with E-state index in [9.17, 15) is 9.59 Å². The Kier molecular flexibility index (Phi) is 3.90. The summed E-state index contributed by atoms with van der Waals surface area (Å²) in [4.78, 5) is 27.2. The lowest BCUT2D eigenvalue weighted by Crippen LogP contribution is -2.39. The topological polar surface area (TPSA) is 68.4 Å². The fourth-order valence-electron chi connectivity index (χ4n) is 2.70. The standard InChI is InChI=1S/C15H20N4O2S/c1-4-7-18-14-12(9(2)11(22-14)8-17-16-3)13(20)19(15(18)21)10-5-6-10/h8,10,16H,4-7H2,1-3H3/b17-8+. The number of thiophene rings is 1. The quantitative estimate of drug-likeness (QED) is 0.675. The maximum absolute atomic E-state index is 12.8. The summed E-state index contributed by atoms with van der Waals surface area (Å²) in [5, 5.41) is 4.70. The molecular formula is C15H20N4O2S. The molecule has 1 N–H and O–H groups in total. The lowest BCUT2D eigenvalue weighted by Gasteiger charge is -2.10. The molecule has 2 aromatic rings. The third-order valence-corrected chi connectivity index (χ3v) is 5.20. The van der Waals surface area contributed by atoms with Crippen LogP contribution < -0.4 is 16.7 Å². The van der Waals surface area contributed by atoms with Crippen LogP contribution in [0.1, 0.15) is 42.7 Å². The van der Waals surface area contributed by atoms with E-state index in [1.807, 2.05) is 13.8 Å². The number of nitrogens with zero attached hydrogens (tertiary/aromatic N) is 3. The third-order valence-electron chi connectivity index (χ3n) is 3.95. The largest absolute Gasteiger partial charge is 0.332 e. The van der Waals surface area contributed by atoms with Gasteiger partial charge in [0, 0.05) is 19.6 Å². The molecular weight excluding hydrogens is 300 g/mol. The first-order chi connectivity index (χ1) is 10.6. The van der Waals surface area contributed by atoms with E-state index in [1.165, 1.54) is 15.9 Å². The van der Waals surface area contributed by atoms with Crippen molar-refractivity contribution in [2.45, 2.75) is 45.7 Å². The van der Waals surface area contributed by atoms with Crippen molar-refractivity contribution in [3.8, 4) is 0 Å². The normalized spacial score (nSPS) is 15.0. The van der Waals surface area contributed by atoms with Crippen LogP contribution in [0.3, 0.4) is 0 Å². The summed E-state index contributed by atoms with van der Waals surface area (Å²) in [6, 6.07) is 0.0845. The zero-order valence-corrected chi connectivity index (χ0v) is 13.9. The third kappa shape index (κ3) is 2.29. The molecule has 22 heavy (non-hydrogen) atoms. The maximum Gasteiger partial charge on any atom is 0.332 e. The van der Waals surface area contributed by atoms with Crippen LogP contribution in [0.25, 0.3) is 10.2 Å². The maximum atomic E-state index is 12.8. The van der Waals surface area contributed by atoms with E-state index < -0.39 is 0 Å². The van der Waals surface area contributed by atoms with E-state index in [4.69, 9.17) is 0 Å². The minimum atomic E-state index is -0.166. The fourth-order valence-corrected chi connectivity index (χ4v) is 3.89. The first kappa shape index (κ1) is 15.0. The second-order valence-corrected chi connectivity index (χ2v) is 6.62. The van der Waals surface area contributed by atoms with Gasteiger partial charge in [0.05, 0.1) is 16.5 Å². The van der Waals surface area contributed by atoms with Gasteiger partial charge >= 0.3 is 5.69 Å². The van der Waals surface area contributed by atoms with Crippen molar-refractivity contribution >= 4 is 27.8 Å². The summed E-state index contributed by atoms with van der Waals surface area (Å²) in [5.74, 6) is 0. The molecule has 0 amide bonds. The Morgan fingerprint density at radius 3 is 2.73 bits per heavy atom. The minimum absolute atomic E-state index is 0.0845. The van der Waals surface area contributed by atoms with Crippen LogP contribution in [0.2, 0.25) is 0 Å². The van der Waals surface area contributed by atoms with E-state index in [2.05, 4.69) is 10.5 Å². The number of nitrogens with one attached hydrogen (secondary N) is 1. The molecule has 0 aliphatic heterocycles. The number of fused-ring (bicyclic) bond motifs is 1. The molecule has 0 atom stereocenters. The van der Waals surface area contributed by atoms with Crippen LogP contribution in [-0.4, -0.2) is 22.4 Å². The zero-order chi connectivity index (χ0) is 15.9. The van der Waals surface area contributed by atoms with Crippen molar-refractivity contribution in [2.75, 3.05) is 7.05 Å². The van der Waals surface area contributed by atoms with Crippen molar-refractivity contribution in [3.63, 3.8) is 0 Å². The van der Waals surface area contributed by atoms with Crippen molar-refractivity contribution < 1.29 is 0 Å². The van der Waals surface area contributed by atoms with Crippen LogP contribution in [0.15, 0.2) is 14.7 Å². The average Bonchev–Trinajstić information content (AvgIpc) is 3.26. The Bertz CT molecular complexity index is 855. The zero-order valence-electron chi connectivity index (χ0n) is 13.0. The van der Waals surface area contributed by atoms with E-state index in [-0.39, 0.29) is 17.3 Å². The van der Waals surface area contributed by atoms with Gasteiger partial charge in [-0.05, 0) is 31.7 Å². The molecule has 0 aromatic carbocycles. The van der Waals surface area contributed by atoms with Gasteiger partial charge in [0.2, 0.25) is 0 Å². The number of rotatable bonds is 5. The van der Waals surface area contributed by atoms with Crippen LogP contribution >= 0.6 is 11.3 Å². The molecule has 2 heterocycles. The van der Waals surface area contributed by atoms with Gasteiger partial charge in [0.1, 0.15) is 4.83 Å². The fraction of sp³-hybridized carbons (Fsp3) is 0.533. The summed E-state index contributed by atoms with van der Waals surface area (Å²) >= 11 is 1.46. The van der Waals surface area contributed by atoms with Crippen LogP contribution in [0, 0.1) is 6.92 Å². The van der Waals surface area contributed by atoms with Gasteiger partial charge in [-0.25, -0.2) is 4.79 Å². The van der Waals surface area contributed by atoms with Crippen LogP contribution in [0.4, 0.5) is 0 Å². The summed E-state index contributed by atoms with van der Waals surface area (Å²) in [6.07, 6.45) is 4.41. The molecule has 1 fully saturated rings. The molecule has 0 spiro atoms. The first-order valence-electron chi connectivity index (χ1n) is 7.58. The Balaban J connectivity index is 2.37. The van der Waals surface area contributed by atoms with Gasteiger partial charge < -0.3 is 5.43 Å². The van der Waals surface area contributed by atoms with E-state index in [1.54, 1.807) is 17.8 Å². The molecule has 118 valence electrons. The van der Waals surface area contributed by atoms with Gasteiger partial charge in [0.15, 0.2) is 0 Å². The molecule has 1 aliphatic carbocycles. The van der Waals surface area contributed by atoms with Gasteiger partial charge in [-0.3, -0.25) is 13.9 Å². The second kappa shape index (κ2) is 5.72. The molecule has 0 radical (unpaired) electrons. The molecule has 0 unspecified atom stereocenters. The van der Waals surface area contributed by atoms with E-state index in [0.29, 0.717) is 11.9 Å². The predicted octanol–water partition coefficient (Wildman–Crippen LogP) is 1.83. The number of aryl methyl sites for hydroxylation is 2. The van der Waals surface area contributed by atoms with Gasteiger partial charge in [0.25, 0.3) is 5.56 Å². The Hall–Kier alpha value is -1.89. The minimum Gasteiger partial charge on any atom is -0.313 e. The Labute approximate surface area is 132 Å². The molecule has 7 heteroatoms. The second-order valence-electron chi connectivity index (χ2n) is 5.59. The lowest BCUT2D eigenvalue weighted by molar-refractivity contribution is 0.577. The molecule has 0 bridgehead atoms. The van der Waals surface area contributed by atoms with Crippen LogP contribution in [-0.2, 0) is 6.54 Å². The Morgan fingerprint density at radius 1 is 1.41 bits per heavy atom. The highest BCUT2D eigenvalue weighted by atomic mass is 32.1. The number of hydrazone groups is 1. The van der Waals surface area contributed by atoms with E-state index in [0.717, 1.165) is 34.5 Å². The van der Waals surface area contributed by atoms with Crippen molar-refractivity contribution in [3.05, 3.63) is 31.3 Å². The molecule has 1 aliphatic rings. The van der Waals surface area contributed by atoms with Gasteiger partial charge in [-0.1, -0.05) is 6.92 Å². The van der Waals surface area contributed by atoms with Crippen molar-refractivity contribution in [2.24, 2.45) is 5.10 Å². The van der Waals surface area contributed by atoms with Gasteiger partial charge in [-0.2, -0.15) is 5.10 Å². The molecule has 3 rings (SSSR count). The van der Waals surface area contributed by atoms with E-state index >= 15 is 0 Å². The predicted molar refractivity (Wildman–Crippen MR) is 90.3 cm³/mol. The number of aromatic nitrogens is 2. The molecule has 6 nitrogen and oxygen atoms in total. The number of hydrogen-bond donors (Lipinski definition) is 1. The first-order valence-corrected chi connectivity index (χ1v) is 8.40. The highest BCUT2D eigenvalue weighted by Crippen LogP contribution is 2.34.